The van der Waals surface area contributed by atoms with Gasteiger partial charge in [0.2, 0.25) is 5.91 Å². The molecule has 0 aliphatic carbocycles. The van der Waals surface area contributed by atoms with Gasteiger partial charge in [-0.05, 0) is 35.4 Å². The number of esters is 1. The van der Waals surface area contributed by atoms with Gasteiger partial charge in [-0.1, -0.05) is 56.1 Å². The van der Waals surface area contributed by atoms with Crippen LogP contribution in [0.5, 0.6) is 0 Å². The average molecular weight is 455 g/mol. The Bertz CT molecular complexity index is 699. The first-order valence-electron chi connectivity index (χ1n) is 7.34. The molecule has 0 aliphatic rings. The highest BCUT2D eigenvalue weighted by atomic mass is 79.9. The van der Waals surface area contributed by atoms with Gasteiger partial charge in [-0.3, -0.25) is 9.59 Å². The lowest BCUT2D eigenvalue weighted by atomic mass is 10.0. The molecule has 6 heteroatoms. The Kier molecular flexibility index (Phi) is 6.99. The van der Waals surface area contributed by atoms with Gasteiger partial charge in [0.25, 0.3) is 0 Å². The van der Waals surface area contributed by atoms with E-state index in [1.54, 1.807) is 0 Å². The minimum absolute atomic E-state index is 0.0875. The number of hydrogen-bond acceptors (Lipinski definition) is 3. The fourth-order valence-corrected chi connectivity index (χ4v) is 2.76. The molecular formula is C18H17Br2NO3. The maximum absolute atomic E-state index is 12.3. The first-order valence-corrected chi connectivity index (χ1v) is 8.92. The molecule has 126 valence electrons. The van der Waals surface area contributed by atoms with Crippen LogP contribution in [0.4, 0.5) is 0 Å². The summed E-state index contributed by atoms with van der Waals surface area (Å²) in [6.45, 7) is 0. The second-order valence-corrected chi connectivity index (χ2v) is 7.09. The fraction of sp³-hybridized carbons (Fsp3) is 0.222. The molecule has 1 unspecified atom stereocenters. The molecule has 0 bridgehead atoms. The van der Waals surface area contributed by atoms with Gasteiger partial charge in [-0.25, -0.2) is 0 Å². The third kappa shape index (κ3) is 5.76. The van der Waals surface area contributed by atoms with Crippen molar-refractivity contribution in [3.8, 4) is 0 Å². The maximum atomic E-state index is 12.3. The van der Waals surface area contributed by atoms with E-state index in [1.807, 2.05) is 48.5 Å². The molecule has 0 aliphatic heterocycles. The zero-order chi connectivity index (χ0) is 17.5. The monoisotopic (exact) mass is 453 g/mol. The van der Waals surface area contributed by atoms with Gasteiger partial charge in [-0.2, -0.15) is 0 Å². The SMILES string of the molecule is COC(=O)CC(NC(=O)Cc1ccc(Br)cc1)c1ccc(Br)cc1. The van der Waals surface area contributed by atoms with E-state index in [9.17, 15) is 9.59 Å². The number of methoxy groups -OCH3 is 1. The van der Waals surface area contributed by atoms with Crippen molar-refractivity contribution in [3.05, 3.63) is 68.6 Å². The summed E-state index contributed by atoms with van der Waals surface area (Å²) in [5.41, 5.74) is 1.76. The van der Waals surface area contributed by atoms with Gasteiger partial charge in [-0.15, -0.1) is 0 Å². The molecule has 1 amide bonds. The third-order valence-electron chi connectivity index (χ3n) is 3.48. The highest BCUT2D eigenvalue weighted by molar-refractivity contribution is 9.10. The number of carbonyl (C=O) groups excluding carboxylic acids is 2. The fourth-order valence-electron chi connectivity index (χ4n) is 2.23. The Balaban J connectivity index is 2.08. The van der Waals surface area contributed by atoms with Crippen LogP contribution in [0.3, 0.4) is 0 Å². The molecule has 2 rings (SSSR count). The number of amides is 1. The minimum atomic E-state index is -0.423. The molecule has 0 saturated carbocycles. The summed E-state index contributed by atoms with van der Waals surface area (Å²) in [5, 5.41) is 2.91. The van der Waals surface area contributed by atoms with Crippen LogP contribution < -0.4 is 5.32 Å². The number of nitrogens with one attached hydrogen (secondary N) is 1. The van der Waals surface area contributed by atoms with Crippen molar-refractivity contribution < 1.29 is 14.3 Å². The van der Waals surface area contributed by atoms with Gasteiger partial charge in [0.05, 0.1) is 26.0 Å². The molecule has 0 fully saturated rings. The van der Waals surface area contributed by atoms with E-state index in [4.69, 9.17) is 4.74 Å². The zero-order valence-corrected chi connectivity index (χ0v) is 16.3. The lowest BCUT2D eigenvalue weighted by molar-refractivity contribution is -0.141. The Labute approximate surface area is 157 Å². The number of hydrogen-bond donors (Lipinski definition) is 1. The molecule has 4 nitrogen and oxygen atoms in total. The summed E-state index contributed by atoms with van der Waals surface area (Å²) in [7, 11) is 1.34. The van der Waals surface area contributed by atoms with Gasteiger partial charge in [0.15, 0.2) is 0 Å². The number of ether oxygens (including phenoxy) is 1. The summed E-state index contributed by atoms with van der Waals surface area (Å²) in [6, 6.07) is 14.6. The molecule has 2 aromatic rings. The van der Waals surface area contributed by atoms with Crippen LogP contribution in [0.15, 0.2) is 57.5 Å². The standard InChI is InChI=1S/C18H17Br2NO3/c1-24-18(23)11-16(13-4-8-15(20)9-5-13)21-17(22)10-12-2-6-14(19)7-3-12/h2-9,16H,10-11H2,1H3,(H,21,22). The van der Waals surface area contributed by atoms with E-state index in [0.29, 0.717) is 0 Å². The van der Waals surface area contributed by atoms with E-state index in [1.165, 1.54) is 7.11 Å². The van der Waals surface area contributed by atoms with Crippen LogP contribution in [-0.2, 0) is 20.7 Å². The Hall–Kier alpha value is -1.66. The summed E-state index contributed by atoms with van der Waals surface area (Å²) < 4.78 is 6.63. The number of rotatable bonds is 6. The lowest BCUT2D eigenvalue weighted by Gasteiger charge is -2.18. The van der Waals surface area contributed by atoms with Crippen LogP contribution in [-0.4, -0.2) is 19.0 Å². The van der Waals surface area contributed by atoms with E-state index >= 15 is 0 Å². The van der Waals surface area contributed by atoms with Crippen molar-refractivity contribution in [1.82, 2.24) is 5.32 Å². The van der Waals surface area contributed by atoms with Crippen molar-refractivity contribution >= 4 is 43.7 Å². The molecule has 1 atom stereocenters. The van der Waals surface area contributed by atoms with E-state index in [-0.39, 0.29) is 24.7 Å². The number of halogens is 2. The van der Waals surface area contributed by atoms with Crippen molar-refractivity contribution in [2.24, 2.45) is 0 Å². The normalized spacial score (nSPS) is 11.6. The minimum Gasteiger partial charge on any atom is -0.469 e. The summed E-state index contributed by atoms with van der Waals surface area (Å²) in [4.78, 5) is 24.0. The van der Waals surface area contributed by atoms with Gasteiger partial charge in [0.1, 0.15) is 0 Å². The number of benzene rings is 2. The highest BCUT2D eigenvalue weighted by Gasteiger charge is 2.19. The Morgan fingerprint density at radius 2 is 1.54 bits per heavy atom. The molecule has 24 heavy (non-hydrogen) atoms. The largest absolute Gasteiger partial charge is 0.469 e. The van der Waals surface area contributed by atoms with Crippen molar-refractivity contribution in [2.45, 2.75) is 18.9 Å². The Morgan fingerprint density at radius 3 is 2.08 bits per heavy atom. The molecular weight excluding hydrogens is 438 g/mol. The molecule has 0 saturated heterocycles. The van der Waals surface area contributed by atoms with Gasteiger partial charge >= 0.3 is 5.97 Å². The molecule has 2 aromatic carbocycles. The molecule has 0 radical (unpaired) electrons. The van der Waals surface area contributed by atoms with Crippen molar-refractivity contribution in [3.63, 3.8) is 0 Å². The maximum Gasteiger partial charge on any atom is 0.307 e. The molecule has 0 heterocycles. The topological polar surface area (TPSA) is 55.4 Å². The quantitative estimate of drug-likeness (QED) is 0.666. The highest BCUT2D eigenvalue weighted by Crippen LogP contribution is 2.20. The van der Waals surface area contributed by atoms with Gasteiger partial charge < -0.3 is 10.1 Å². The van der Waals surface area contributed by atoms with Crippen molar-refractivity contribution in [2.75, 3.05) is 7.11 Å². The average Bonchev–Trinajstić information content (AvgIpc) is 2.57. The predicted molar refractivity (Wildman–Crippen MR) is 99.5 cm³/mol. The van der Waals surface area contributed by atoms with Crippen LogP contribution >= 0.6 is 31.9 Å². The van der Waals surface area contributed by atoms with E-state index in [0.717, 1.165) is 20.1 Å². The second-order valence-electron chi connectivity index (χ2n) is 5.26. The summed E-state index contributed by atoms with van der Waals surface area (Å²) in [5.74, 6) is -0.513. The van der Waals surface area contributed by atoms with Gasteiger partial charge in [0, 0.05) is 8.95 Å². The number of carbonyl (C=O) groups is 2. The molecule has 0 aromatic heterocycles. The summed E-state index contributed by atoms with van der Waals surface area (Å²) in [6.07, 6.45) is 0.339. The zero-order valence-electron chi connectivity index (χ0n) is 13.1. The lowest BCUT2D eigenvalue weighted by Crippen LogP contribution is -2.31. The van der Waals surface area contributed by atoms with Crippen LogP contribution in [0.1, 0.15) is 23.6 Å². The van der Waals surface area contributed by atoms with E-state index < -0.39 is 6.04 Å². The molecule has 0 spiro atoms. The van der Waals surface area contributed by atoms with Crippen molar-refractivity contribution in [1.29, 1.82) is 0 Å². The summed E-state index contributed by atoms with van der Waals surface area (Å²) >= 11 is 6.74. The first-order chi connectivity index (χ1) is 11.5. The van der Waals surface area contributed by atoms with Crippen LogP contribution in [0, 0.1) is 0 Å². The first kappa shape index (κ1) is 18.7. The smallest absolute Gasteiger partial charge is 0.307 e. The van der Waals surface area contributed by atoms with Crippen LogP contribution in [0.2, 0.25) is 0 Å². The van der Waals surface area contributed by atoms with Crippen LogP contribution in [0.25, 0.3) is 0 Å². The molecule has 1 N–H and O–H groups in total. The second kappa shape index (κ2) is 8.99. The predicted octanol–water partition coefficient (Wildman–Crippen LogP) is 4.17. The van der Waals surface area contributed by atoms with E-state index in [2.05, 4.69) is 37.2 Å². The third-order valence-corrected chi connectivity index (χ3v) is 4.54. The Morgan fingerprint density at radius 1 is 1.00 bits per heavy atom.